The Kier molecular flexibility index (Phi) is 5.90. The molecule has 0 bridgehead atoms. The Morgan fingerprint density at radius 2 is 1.74 bits per heavy atom. The molecule has 0 atom stereocenters. The lowest BCUT2D eigenvalue weighted by atomic mass is 9.81. The molecule has 2 aliphatic heterocycles. The summed E-state index contributed by atoms with van der Waals surface area (Å²) >= 11 is 0. The van der Waals surface area contributed by atoms with Gasteiger partial charge in [0.2, 0.25) is 5.69 Å². The molecule has 4 rings (SSSR count). The van der Waals surface area contributed by atoms with Crippen LogP contribution in [0.25, 0.3) is 0 Å². The first-order valence-corrected chi connectivity index (χ1v) is 11.5. The zero-order chi connectivity index (χ0) is 25.8. The van der Waals surface area contributed by atoms with Crippen LogP contribution in [-0.4, -0.2) is 35.0 Å². The third-order valence-corrected chi connectivity index (χ3v) is 7.15. The van der Waals surface area contributed by atoms with Crippen LogP contribution in [0, 0.1) is 10.1 Å². The highest BCUT2D eigenvalue weighted by molar-refractivity contribution is 6.03. The molecule has 35 heavy (non-hydrogen) atoms. The average Bonchev–Trinajstić information content (AvgIpc) is 3.11. The van der Waals surface area contributed by atoms with Gasteiger partial charge in [0.15, 0.2) is 5.71 Å². The van der Waals surface area contributed by atoms with E-state index in [1.54, 1.807) is 11.0 Å². The van der Waals surface area contributed by atoms with Gasteiger partial charge in [-0.25, -0.2) is 0 Å². The van der Waals surface area contributed by atoms with Crippen molar-refractivity contribution >= 4 is 22.8 Å². The number of para-hydroxylation sites is 1. The van der Waals surface area contributed by atoms with Crippen LogP contribution in [0.1, 0.15) is 45.2 Å². The van der Waals surface area contributed by atoms with E-state index in [0.29, 0.717) is 16.9 Å². The molecule has 0 amide bonds. The molecule has 0 spiro atoms. The summed E-state index contributed by atoms with van der Waals surface area (Å²) in [7, 11) is 2.00. The minimum atomic E-state index is -4.31. The molecule has 0 saturated carbocycles. The second-order valence-corrected chi connectivity index (χ2v) is 10.1. The van der Waals surface area contributed by atoms with E-state index in [1.807, 2.05) is 51.3 Å². The van der Waals surface area contributed by atoms with Gasteiger partial charge >= 0.3 is 6.18 Å². The van der Waals surface area contributed by atoms with Crippen LogP contribution in [-0.2, 0) is 10.8 Å². The van der Waals surface area contributed by atoms with Gasteiger partial charge in [0.1, 0.15) is 7.05 Å². The maximum atomic E-state index is 13.1. The summed E-state index contributed by atoms with van der Waals surface area (Å²) in [6.45, 7) is 7.80. The highest BCUT2D eigenvalue weighted by Gasteiger charge is 2.44. The number of nitro benzene ring substituents is 1. The van der Waals surface area contributed by atoms with Crippen molar-refractivity contribution in [3.63, 3.8) is 0 Å². The number of hydrogen-bond donors (Lipinski definition) is 0. The summed E-state index contributed by atoms with van der Waals surface area (Å²) in [4.78, 5) is 12.5. The van der Waals surface area contributed by atoms with Gasteiger partial charge in [-0.1, -0.05) is 38.1 Å². The normalized spacial score (nSPS) is 19.5. The summed E-state index contributed by atoms with van der Waals surface area (Å²) in [5.74, 6) is 0. The van der Waals surface area contributed by atoms with Gasteiger partial charge < -0.3 is 4.90 Å². The second-order valence-electron chi connectivity index (χ2n) is 10.1. The molecule has 0 N–H and O–H groups in total. The van der Waals surface area contributed by atoms with Crippen molar-refractivity contribution in [1.29, 1.82) is 0 Å². The number of rotatable bonds is 5. The largest absolute Gasteiger partial charge is 0.390 e. The summed E-state index contributed by atoms with van der Waals surface area (Å²) in [6, 6.07) is 12.5. The first-order chi connectivity index (χ1) is 16.2. The summed E-state index contributed by atoms with van der Waals surface area (Å²) < 4.78 is 41.5. The van der Waals surface area contributed by atoms with E-state index in [-0.39, 0.29) is 17.6 Å². The van der Waals surface area contributed by atoms with E-state index in [4.69, 9.17) is 0 Å². The number of anilines is 1. The fourth-order valence-corrected chi connectivity index (χ4v) is 5.29. The topological polar surface area (TPSA) is 49.4 Å². The van der Waals surface area contributed by atoms with E-state index >= 15 is 0 Å². The SMILES string of the molecule is C[N+]1=C(C=CC=C2N(CCC(F)(F)F)c3ccc([N+](=O)[O-])cc3C2(C)C)C(C)(C)c2ccccc21. The zero-order valence-corrected chi connectivity index (χ0v) is 20.5. The van der Waals surface area contributed by atoms with Crippen LogP contribution < -0.4 is 4.90 Å². The first kappa shape index (κ1) is 24.7. The van der Waals surface area contributed by atoms with E-state index in [9.17, 15) is 23.3 Å². The van der Waals surface area contributed by atoms with Gasteiger partial charge in [0.05, 0.1) is 16.8 Å². The van der Waals surface area contributed by atoms with E-state index in [2.05, 4.69) is 30.6 Å². The number of alkyl halides is 3. The van der Waals surface area contributed by atoms with Crippen molar-refractivity contribution in [2.24, 2.45) is 0 Å². The lowest BCUT2D eigenvalue weighted by Gasteiger charge is -2.27. The highest BCUT2D eigenvalue weighted by atomic mass is 19.4. The van der Waals surface area contributed by atoms with Gasteiger partial charge in [-0.2, -0.15) is 17.7 Å². The molecule has 0 fully saturated rings. The Morgan fingerprint density at radius 1 is 1.06 bits per heavy atom. The Labute approximate surface area is 203 Å². The minimum absolute atomic E-state index is 0.0768. The molecule has 2 aromatic carbocycles. The molecule has 2 aromatic rings. The monoisotopic (exact) mass is 484 g/mol. The predicted molar refractivity (Wildman–Crippen MR) is 132 cm³/mol. The molecule has 0 aromatic heterocycles. The predicted octanol–water partition coefficient (Wildman–Crippen LogP) is 6.79. The average molecular weight is 485 g/mol. The molecule has 0 saturated heterocycles. The summed E-state index contributed by atoms with van der Waals surface area (Å²) in [6.07, 6.45) is 0.409. The molecule has 5 nitrogen and oxygen atoms in total. The van der Waals surface area contributed by atoms with Gasteiger partial charge in [0, 0.05) is 53.2 Å². The number of allylic oxidation sites excluding steroid dienone is 4. The molecule has 2 heterocycles. The van der Waals surface area contributed by atoms with Crippen LogP contribution >= 0.6 is 0 Å². The van der Waals surface area contributed by atoms with Crippen LogP contribution in [0.2, 0.25) is 0 Å². The molecule has 184 valence electrons. The Balaban J connectivity index is 1.75. The van der Waals surface area contributed by atoms with Crippen LogP contribution in [0.15, 0.2) is 66.4 Å². The maximum Gasteiger partial charge on any atom is 0.390 e. The molecule has 2 aliphatic rings. The van der Waals surface area contributed by atoms with Gasteiger partial charge in [-0.3, -0.25) is 10.1 Å². The van der Waals surface area contributed by atoms with Crippen LogP contribution in [0.3, 0.4) is 0 Å². The number of nitro groups is 1. The van der Waals surface area contributed by atoms with Gasteiger partial charge in [-0.15, -0.1) is 0 Å². The van der Waals surface area contributed by atoms with E-state index < -0.39 is 22.9 Å². The number of benzene rings is 2. The lowest BCUT2D eigenvalue weighted by molar-refractivity contribution is -0.401. The minimum Gasteiger partial charge on any atom is -0.344 e. The lowest BCUT2D eigenvalue weighted by Crippen LogP contribution is -2.29. The standard InChI is InChI=1S/C27H29F3N3O2/c1-25(2)19-9-6-7-10-21(19)31(5)23(25)11-8-12-24-26(3,4)20-17-18(33(34)35)13-14-22(20)32(24)16-15-27(28,29)30/h6-14,17H,15-16H2,1-5H3/q+1. The zero-order valence-electron chi connectivity index (χ0n) is 20.5. The van der Waals surface area contributed by atoms with Crippen LogP contribution in [0.5, 0.6) is 0 Å². The fourth-order valence-electron chi connectivity index (χ4n) is 5.29. The van der Waals surface area contributed by atoms with Crippen molar-refractivity contribution in [3.05, 3.63) is 87.6 Å². The number of non-ortho nitro benzene ring substituents is 1. The van der Waals surface area contributed by atoms with Crippen molar-refractivity contribution < 1.29 is 22.7 Å². The maximum absolute atomic E-state index is 13.1. The number of fused-ring (bicyclic) bond motifs is 2. The summed E-state index contributed by atoms with van der Waals surface area (Å²) in [5, 5.41) is 11.3. The van der Waals surface area contributed by atoms with E-state index in [1.165, 1.54) is 17.7 Å². The van der Waals surface area contributed by atoms with Crippen molar-refractivity contribution in [2.45, 2.75) is 51.1 Å². The number of hydrogen-bond acceptors (Lipinski definition) is 3. The van der Waals surface area contributed by atoms with E-state index in [0.717, 1.165) is 11.4 Å². The van der Waals surface area contributed by atoms with Gasteiger partial charge in [-0.05, 0) is 31.6 Å². The first-order valence-electron chi connectivity index (χ1n) is 11.5. The van der Waals surface area contributed by atoms with Crippen molar-refractivity contribution in [2.75, 3.05) is 18.5 Å². The number of halogens is 3. The third kappa shape index (κ3) is 4.26. The number of nitrogens with zero attached hydrogens (tertiary/aromatic N) is 3. The molecule has 8 heteroatoms. The smallest absolute Gasteiger partial charge is 0.344 e. The highest BCUT2D eigenvalue weighted by Crippen LogP contribution is 2.49. The Morgan fingerprint density at radius 3 is 2.37 bits per heavy atom. The fraction of sp³-hybridized carbons (Fsp3) is 0.370. The molecule has 0 unspecified atom stereocenters. The molecule has 0 radical (unpaired) electrons. The van der Waals surface area contributed by atoms with Gasteiger partial charge in [0.25, 0.3) is 5.69 Å². The summed E-state index contributed by atoms with van der Waals surface area (Å²) in [5.41, 5.74) is 4.28. The molecular weight excluding hydrogens is 455 g/mol. The third-order valence-electron chi connectivity index (χ3n) is 7.15. The van der Waals surface area contributed by atoms with Crippen molar-refractivity contribution in [3.8, 4) is 0 Å². The quantitative estimate of drug-likeness (QED) is 0.267. The Hall–Kier alpha value is -3.42. The Bertz CT molecular complexity index is 1290. The van der Waals surface area contributed by atoms with Crippen LogP contribution in [0.4, 0.5) is 30.2 Å². The second kappa shape index (κ2) is 8.36. The molecule has 0 aliphatic carbocycles. The molecular formula is C27H29F3N3O2+. The van der Waals surface area contributed by atoms with Crippen molar-refractivity contribution in [1.82, 2.24) is 0 Å².